The quantitative estimate of drug-likeness (QED) is 0.666. The Kier molecular flexibility index (Phi) is 4.79. The van der Waals surface area contributed by atoms with Crippen molar-refractivity contribution >= 4 is 28.6 Å². The van der Waals surface area contributed by atoms with Crippen molar-refractivity contribution in [2.24, 2.45) is 0 Å². The summed E-state index contributed by atoms with van der Waals surface area (Å²) in [6, 6.07) is 14.7. The summed E-state index contributed by atoms with van der Waals surface area (Å²) in [6.07, 6.45) is 0.702. The smallest absolute Gasteiger partial charge is 0.348 e. The molecule has 1 heterocycles. The summed E-state index contributed by atoms with van der Waals surface area (Å²) in [7, 11) is 1.31. The number of ether oxygens (including phenoxy) is 1. The van der Waals surface area contributed by atoms with Crippen LogP contribution in [0.3, 0.4) is 0 Å². The van der Waals surface area contributed by atoms with Crippen LogP contribution in [-0.2, 0) is 16.0 Å². The first-order valence-electron chi connectivity index (χ1n) is 7.96. The SMILES string of the molecule is CCc1cccc2nc(N(CC(=O)OC)c3ccccc3)oc(=O)c12. The van der Waals surface area contributed by atoms with Crippen molar-refractivity contribution in [3.63, 3.8) is 0 Å². The Balaban J connectivity index is 2.16. The summed E-state index contributed by atoms with van der Waals surface area (Å²) in [6.45, 7) is 1.85. The summed E-state index contributed by atoms with van der Waals surface area (Å²) >= 11 is 0. The molecule has 6 heteroatoms. The lowest BCUT2D eigenvalue weighted by Gasteiger charge is -2.20. The average Bonchev–Trinajstić information content (AvgIpc) is 2.65. The molecule has 0 aliphatic heterocycles. The third-order valence-corrected chi connectivity index (χ3v) is 3.93. The van der Waals surface area contributed by atoms with Crippen LogP contribution in [0.2, 0.25) is 0 Å². The highest BCUT2D eigenvalue weighted by Crippen LogP contribution is 2.25. The molecule has 0 aliphatic rings. The zero-order valence-corrected chi connectivity index (χ0v) is 14.1. The second-order valence-electron chi connectivity index (χ2n) is 5.45. The number of hydrogen-bond acceptors (Lipinski definition) is 6. The molecule has 3 aromatic rings. The maximum absolute atomic E-state index is 12.5. The maximum Gasteiger partial charge on any atom is 0.348 e. The Labute approximate surface area is 144 Å². The van der Waals surface area contributed by atoms with Crippen LogP contribution in [0.5, 0.6) is 0 Å². The first-order chi connectivity index (χ1) is 12.1. The van der Waals surface area contributed by atoms with E-state index in [-0.39, 0.29) is 12.6 Å². The number of carbonyl (C=O) groups is 1. The van der Waals surface area contributed by atoms with E-state index in [1.165, 1.54) is 12.0 Å². The maximum atomic E-state index is 12.5. The molecule has 25 heavy (non-hydrogen) atoms. The fourth-order valence-corrected chi connectivity index (χ4v) is 2.66. The number of esters is 1. The molecular formula is C19H18N2O4. The third kappa shape index (κ3) is 3.38. The Morgan fingerprint density at radius 3 is 2.60 bits per heavy atom. The van der Waals surface area contributed by atoms with Crippen molar-refractivity contribution < 1.29 is 13.9 Å². The van der Waals surface area contributed by atoms with Gasteiger partial charge in [0.1, 0.15) is 6.54 Å². The number of benzene rings is 2. The Morgan fingerprint density at radius 1 is 1.16 bits per heavy atom. The molecule has 0 unspecified atom stereocenters. The van der Waals surface area contributed by atoms with E-state index in [1.54, 1.807) is 18.2 Å². The molecule has 0 fully saturated rings. The standard InChI is InChI=1S/C19H18N2O4/c1-3-13-8-7-11-15-17(13)18(23)25-19(20-15)21(12-16(22)24-2)14-9-5-4-6-10-14/h4-11H,3,12H2,1-2H3. The normalized spacial score (nSPS) is 10.6. The van der Waals surface area contributed by atoms with E-state index in [2.05, 4.69) is 4.98 Å². The fourth-order valence-electron chi connectivity index (χ4n) is 2.66. The van der Waals surface area contributed by atoms with Crippen molar-refractivity contribution in [1.82, 2.24) is 4.98 Å². The van der Waals surface area contributed by atoms with Crippen LogP contribution in [0.25, 0.3) is 10.9 Å². The van der Waals surface area contributed by atoms with Crippen LogP contribution in [0, 0.1) is 0 Å². The molecule has 0 radical (unpaired) electrons. The highest BCUT2D eigenvalue weighted by atomic mass is 16.5. The van der Waals surface area contributed by atoms with Gasteiger partial charge in [-0.2, -0.15) is 4.98 Å². The molecule has 0 aliphatic carbocycles. The van der Waals surface area contributed by atoms with Gasteiger partial charge >= 0.3 is 17.6 Å². The zero-order chi connectivity index (χ0) is 17.8. The van der Waals surface area contributed by atoms with Gasteiger partial charge in [0.2, 0.25) is 0 Å². The van der Waals surface area contributed by atoms with Crippen LogP contribution < -0.4 is 10.5 Å². The number of aromatic nitrogens is 1. The Bertz CT molecular complexity index is 951. The zero-order valence-electron chi connectivity index (χ0n) is 14.1. The lowest BCUT2D eigenvalue weighted by molar-refractivity contribution is -0.138. The van der Waals surface area contributed by atoms with E-state index in [4.69, 9.17) is 9.15 Å². The Hall–Kier alpha value is -3.15. The van der Waals surface area contributed by atoms with E-state index in [1.807, 2.05) is 37.3 Å². The summed E-state index contributed by atoms with van der Waals surface area (Å²) in [5.74, 6) is -0.462. The number of anilines is 2. The number of fused-ring (bicyclic) bond motifs is 1. The molecule has 1 aromatic heterocycles. The molecule has 3 rings (SSSR count). The largest absolute Gasteiger partial charge is 0.468 e. The number of rotatable bonds is 5. The van der Waals surface area contributed by atoms with Crippen molar-refractivity contribution in [2.45, 2.75) is 13.3 Å². The van der Waals surface area contributed by atoms with Crippen molar-refractivity contribution in [2.75, 3.05) is 18.6 Å². The number of carbonyl (C=O) groups excluding carboxylic acids is 1. The molecule has 0 saturated heterocycles. The van der Waals surface area contributed by atoms with E-state index in [0.717, 1.165) is 5.56 Å². The predicted molar refractivity (Wildman–Crippen MR) is 95.1 cm³/mol. The molecule has 0 spiro atoms. The van der Waals surface area contributed by atoms with Crippen LogP contribution in [0.4, 0.5) is 11.7 Å². The number of methoxy groups -OCH3 is 1. The molecule has 6 nitrogen and oxygen atoms in total. The van der Waals surface area contributed by atoms with Gasteiger partial charge in [0.15, 0.2) is 0 Å². The minimum atomic E-state index is -0.469. The minimum Gasteiger partial charge on any atom is -0.468 e. The number of aryl methyl sites for hydroxylation is 1. The first-order valence-corrected chi connectivity index (χ1v) is 7.96. The second-order valence-corrected chi connectivity index (χ2v) is 5.45. The van der Waals surface area contributed by atoms with Gasteiger partial charge in [-0.25, -0.2) is 4.79 Å². The van der Waals surface area contributed by atoms with Crippen LogP contribution in [0.15, 0.2) is 57.7 Å². The van der Waals surface area contributed by atoms with Crippen LogP contribution in [-0.4, -0.2) is 24.6 Å². The molecule has 0 atom stereocenters. The summed E-state index contributed by atoms with van der Waals surface area (Å²) < 4.78 is 10.2. The number of hydrogen-bond donors (Lipinski definition) is 0. The average molecular weight is 338 g/mol. The third-order valence-electron chi connectivity index (χ3n) is 3.93. The predicted octanol–water partition coefficient (Wildman–Crippen LogP) is 3.06. The number of para-hydroxylation sites is 1. The summed E-state index contributed by atoms with van der Waals surface area (Å²) in [5.41, 5.74) is 1.62. The summed E-state index contributed by atoms with van der Waals surface area (Å²) in [5, 5.41) is 0.472. The molecule has 0 amide bonds. The van der Waals surface area contributed by atoms with Gasteiger partial charge in [-0.1, -0.05) is 37.3 Å². The van der Waals surface area contributed by atoms with Crippen molar-refractivity contribution in [1.29, 1.82) is 0 Å². The van der Waals surface area contributed by atoms with E-state index < -0.39 is 11.6 Å². The molecule has 0 bridgehead atoms. The highest BCUT2D eigenvalue weighted by Gasteiger charge is 2.20. The van der Waals surface area contributed by atoms with Crippen LogP contribution in [0.1, 0.15) is 12.5 Å². The lowest BCUT2D eigenvalue weighted by atomic mass is 10.1. The Morgan fingerprint density at radius 2 is 1.92 bits per heavy atom. The highest BCUT2D eigenvalue weighted by molar-refractivity contribution is 5.83. The number of nitrogens with zero attached hydrogens (tertiary/aromatic N) is 2. The van der Waals surface area contributed by atoms with Gasteiger partial charge in [0, 0.05) is 5.69 Å². The monoisotopic (exact) mass is 338 g/mol. The second kappa shape index (κ2) is 7.17. The van der Waals surface area contributed by atoms with E-state index in [9.17, 15) is 9.59 Å². The molecule has 0 N–H and O–H groups in total. The van der Waals surface area contributed by atoms with Gasteiger partial charge < -0.3 is 9.15 Å². The van der Waals surface area contributed by atoms with Gasteiger partial charge in [-0.05, 0) is 30.2 Å². The van der Waals surface area contributed by atoms with E-state index >= 15 is 0 Å². The fraction of sp³-hybridized carbons (Fsp3) is 0.211. The molecule has 2 aromatic carbocycles. The topological polar surface area (TPSA) is 72.6 Å². The van der Waals surface area contributed by atoms with E-state index in [0.29, 0.717) is 23.0 Å². The van der Waals surface area contributed by atoms with Gasteiger partial charge in [0.05, 0.1) is 18.0 Å². The lowest BCUT2D eigenvalue weighted by Crippen LogP contribution is -2.28. The van der Waals surface area contributed by atoms with Gasteiger partial charge in [-0.3, -0.25) is 9.69 Å². The molecule has 0 saturated carbocycles. The van der Waals surface area contributed by atoms with Gasteiger partial charge in [0.25, 0.3) is 0 Å². The first kappa shape index (κ1) is 16.7. The minimum absolute atomic E-state index is 0.0577. The molecule has 128 valence electrons. The van der Waals surface area contributed by atoms with Crippen LogP contribution >= 0.6 is 0 Å². The summed E-state index contributed by atoms with van der Waals surface area (Å²) in [4.78, 5) is 30.3. The molecular weight excluding hydrogens is 320 g/mol. The van der Waals surface area contributed by atoms with Crippen molar-refractivity contribution in [3.8, 4) is 0 Å². The van der Waals surface area contributed by atoms with Gasteiger partial charge in [-0.15, -0.1) is 0 Å². The van der Waals surface area contributed by atoms with Crippen molar-refractivity contribution in [3.05, 3.63) is 64.5 Å².